The molecule has 0 unspecified atom stereocenters. The lowest BCUT2D eigenvalue weighted by molar-refractivity contribution is 0.479. The van der Waals surface area contributed by atoms with Gasteiger partial charge in [0.25, 0.3) is 0 Å². The number of fused-ring (bicyclic) bond motifs is 1. The highest BCUT2D eigenvalue weighted by molar-refractivity contribution is 5.34. The van der Waals surface area contributed by atoms with Crippen LogP contribution in [-0.4, -0.2) is 0 Å². The number of benzene rings is 1. The molecule has 0 bridgehead atoms. The van der Waals surface area contributed by atoms with Crippen molar-refractivity contribution in [2.45, 2.75) is 12.8 Å². The Labute approximate surface area is 66.3 Å². The predicted octanol–water partition coefficient (Wildman–Crippen LogP) is 2.53. The minimum Gasteiger partial charge on any atom is -0.465 e. The summed E-state index contributed by atoms with van der Waals surface area (Å²) in [6.07, 6.45) is 6.00. The Morgan fingerprint density at radius 2 is 2.09 bits per heavy atom. The first-order chi connectivity index (χ1) is 5.47. The van der Waals surface area contributed by atoms with Crippen LogP contribution in [0, 0.1) is 0 Å². The van der Waals surface area contributed by atoms with Crippen LogP contribution in [0.25, 0.3) is 0 Å². The van der Waals surface area contributed by atoms with E-state index in [2.05, 4.69) is 12.1 Å². The Morgan fingerprint density at radius 1 is 1.18 bits per heavy atom. The van der Waals surface area contributed by atoms with Gasteiger partial charge in [-0.25, -0.2) is 0 Å². The third-order valence-corrected chi connectivity index (χ3v) is 1.84. The number of aryl methyl sites for hydroxylation is 1. The zero-order valence-electron chi connectivity index (χ0n) is 6.29. The molecule has 0 spiro atoms. The van der Waals surface area contributed by atoms with Crippen molar-refractivity contribution in [1.82, 2.24) is 0 Å². The van der Waals surface area contributed by atoms with Crippen LogP contribution in [0.1, 0.15) is 12.0 Å². The smallest absolute Gasteiger partial charge is 0.129 e. The van der Waals surface area contributed by atoms with Gasteiger partial charge >= 0.3 is 0 Å². The van der Waals surface area contributed by atoms with Crippen LogP contribution >= 0.6 is 0 Å². The van der Waals surface area contributed by atoms with Crippen LogP contribution in [0.15, 0.2) is 36.6 Å². The van der Waals surface area contributed by atoms with Gasteiger partial charge in [0.1, 0.15) is 5.75 Å². The fourth-order valence-electron chi connectivity index (χ4n) is 1.25. The summed E-state index contributed by atoms with van der Waals surface area (Å²) in [6, 6.07) is 8.17. The maximum atomic E-state index is 5.37. The van der Waals surface area contributed by atoms with E-state index in [-0.39, 0.29) is 0 Å². The van der Waals surface area contributed by atoms with Crippen molar-refractivity contribution >= 4 is 0 Å². The van der Waals surface area contributed by atoms with Crippen molar-refractivity contribution in [3.63, 3.8) is 0 Å². The summed E-state index contributed by atoms with van der Waals surface area (Å²) in [6.45, 7) is 0. The molecule has 0 fully saturated rings. The van der Waals surface area contributed by atoms with Crippen LogP contribution in [-0.2, 0) is 6.42 Å². The van der Waals surface area contributed by atoms with Crippen LogP contribution < -0.4 is 4.74 Å². The van der Waals surface area contributed by atoms with Crippen molar-refractivity contribution in [2.75, 3.05) is 0 Å². The fourth-order valence-corrected chi connectivity index (χ4v) is 1.25. The Bertz CT molecular complexity index is 276. The number of hydrogen-bond acceptors (Lipinski definition) is 1. The molecule has 1 aromatic rings. The third-order valence-electron chi connectivity index (χ3n) is 1.84. The van der Waals surface area contributed by atoms with Crippen LogP contribution in [0.4, 0.5) is 0 Å². The molecule has 11 heavy (non-hydrogen) atoms. The second-order valence-corrected chi connectivity index (χ2v) is 2.64. The molecule has 0 amide bonds. The van der Waals surface area contributed by atoms with Crippen LogP contribution in [0.2, 0.25) is 0 Å². The maximum absolute atomic E-state index is 5.37. The molecule has 56 valence electrons. The van der Waals surface area contributed by atoms with E-state index >= 15 is 0 Å². The van der Waals surface area contributed by atoms with E-state index in [4.69, 9.17) is 4.74 Å². The average Bonchev–Trinajstić information content (AvgIpc) is 2.28. The first-order valence-corrected chi connectivity index (χ1v) is 3.86. The summed E-state index contributed by atoms with van der Waals surface area (Å²) in [7, 11) is 0. The highest BCUT2D eigenvalue weighted by atomic mass is 16.5. The molecule has 0 saturated carbocycles. The lowest BCUT2D eigenvalue weighted by Crippen LogP contribution is -1.85. The highest BCUT2D eigenvalue weighted by Crippen LogP contribution is 2.21. The first-order valence-electron chi connectivity index (χ1n) is 3.86. The second kappa shape index (κ2) is 2.79. The summed E-state index contributed by atoms with van der Waals surface area (Å²) in [5.74, 6) is 1.00. The first kappa shape index (κ1) is 6.47. The van der Waals surface area contributed by atoms with E-state index in [1.165, 1.54) is 5.56 Å². The topological polar surface area (TPSA) is 9.23 Å². The molecule has 1 heterocycles. The average molecular weight is 146 g/mol. The quantitative estimate of drug-likeness (QED) is 0.546. The zero-order chi connectivity index (χ0) is 7.52. The van der Waals surface area contributed by atoms with E-state index in [0.29, 0.717) is 0 Å². The monoisotopic (exact) mass is 146 g/mol. The molecule has 0 radical (unpaired) electrons. The summed E-state index contributed by atoms with van der Waals surface area (Å²) >= 11 is 0. The highest BCUT2D eigenvalue weighted by Gasteiger charge is 2.02. The van der Waals surface area contributed by atoms with Gasteiger partial charge in [-0.05, 0) is 30.5 Å². The van der Waals surface area contributed by atoms with Crippen molar-refractivity contribution in [1.29, 1.82) is 0 Å². The number of ether oxygens (including phenoxy) is 1. The lowest BCUT2D eigenvalue weighted by atomic mass is 10.1. The number of rotatable bonds is 0. The molecule has 1 aliphatic rings. The number of para-hydroxylation sites is 1. The van der Waals surface area contributed by atoms with Gasteiger partial charge in [-0.3, -0.25) is 0 Å². The molecule has 1 nitrogen and oxygen atoms in total. The molecular weight excluding hydrogens is 136 g/mol. The standard InChI is InChI=1S/C10H10O/c1-2-7-10-9(5-1)6-3-4-8-11-10/h1-2,4-5,7-8H,3,6H2. The molecule has 0 atom stereocenters. The number of hydrogen-bond donors (Lipinski definition) is 0. The molecule has 1 aromatic carbocycles. The molecule has 0 aromatic heterocycles. The zero-order valence-corrected chi connectivity index (χ0v) is 6.29. The van der Waals surface area contributed by atoms with E-state index in [1.54, 1.807) is 6.26 Å². The summed E-state index contributed by atoms with van der Waals surface area (Å²) < 4.78 is 5.37. The Kier molecular flexibility index (Phi) is 1.64. The van der Waals surface area contributed by atoms with E-state index < -0.39 is 0 Å². The van der Waals surface area contributed by atoms with Gasteiger partial charge in [0.2, 0.25) is 0 Å². The van der Waals surface area contributed by atoms with Crippen LogP contribution in [0.3, 0.4) is 0 Å². The van der Waals surface area contributed by atoms with E-state index in [0.717, 1.165) is 18.6 Å². The van der Waals surface area contributed by atoms with Crippen molar-refractivity contribution in [3.8, 4) is 5.75 Å². The Hall–Kier alpha value is -1.24. The van der Waals surface area contributed by atoms with Gasteiger partial charge in [-0.1, -0.05) is 18.2 Å². The summed E-state index contributed by atoms with van der Waals surface area (Å²) in [4.78, 5) is 0. The van der Waals surface area contributed by atoms with Gasteiger partial charge in [0, 0.05) is 0 Å². The Morgan fingerprint density at radius 3 is 3.09 bits per heavy atom. The molecule has 0 saturated heterocycles. The Balaban J connectivity index is 2.40. The van der Waals surface area contributed by atoms with Gasteiger partial charge in [-0.15, -0.1) is 0 Å². The van der Waals surface area contributed by atoms with Crippen molar-refractivity contribution in [2.24, 2.45) is 0 Å². The molecule has 0 aliphatic carbocycles. The molecule has 0 N–H and O–H groups in total. The molecule has 2 rings (SSSR count). The molecular formula is C10H10O. The number of allylic oxidation sites excluding steroid dienone is 1. The largest absolute Gasteiger partial charge is 0.465 e. The van der Waals surface area contributed by atoms with Crippen molar-refractivity contribution < 1.29 is 4.74 Å². The molecule has 1 aliphatic heterocycles. The second-order valence-electron chi connectivity index (χ2n) is 2.64. The minimum atomic E-state index is 1.00. The summed E-state index contributed by atoms with van der Waals surface area (Å²) in [5.41, 5.74) is 1.30. The van der Waals surface area contributed by atoms with Gasteiger partial charge in [0.15, 0.2) is 0 Å². The normalized spacial score (nSPS) is 14.9. The maximum Gasteiger partial charge on any atom is 0.129 e. The van der Waals surface area contributed by atoms with Gasteiger partial charge in [0.05, 0.1) is 6.26 Å². The van der Waals surface area contributed by atoms with Gasteiger partial charge < -0.3 is 4.74 Å². The third kappa shape index (κ3) is 1.27. The molecule has 1 heteroatoms. The predicted molar refractivity (Wildman–Crippen MR) is 44.5 cm³/mol. The minimum absolute atomic E-state index is 1.00. The fraction of sp³-hybridized carbons (Fsp3) is 0.200. The SMILES string of the molecule is C1=COc2ccccc2CC1. The lowest BCUT2D eigenvalue weighted by Gasteiger charge is -2.02. The van der Waals surface area contributed by atoms with Crippen LogP contribution in [0.5, 0.6) is 5.75 Å². The van der Waals surface area contributed by atoms with Gasteiger partial charge in [-0.2, -0.15) is 0 Å². The summed E-state index contributed by atoms with van der Waals surface area (Å²) in [5, 5.41) is 0. The van der Waals surface area contributed by atoms with E-state index in [1.807, 2.05) is 18.2 Å². The van der Waals surface area contributed by atoms with Crippen molar-refractivity contribution in [3.05, 3.63) is 42.2 Å². The van der Waals surface area contributed by atoms with E-state index in [9.17, 15) is 0 Å².